The molecule has 2 unspecified atom stereocenters. The van der Waals surface area contributed by atoms with Gasteiger partial charge in [-0.25, -0.2) is 0 Å². The number of hydrogen-bond acceptors (Lipinski definition) is 3. The number of nitrogens with one attached hydrogen (secondary N) is 1. The van der Waals surface area contributed by atoms with Crippen LogP contribution in [0, 0.1) is 0 Å². The molecule has 0 saturated heterocycles. The van der Waals surface area contributed by atoms with Crippen LogP contribution in [0.1, 0.15) is 55.8 Å². The zero-order chi connectivity index (χ0) is 13.5. The SMILES string of the molecule is CCCCOCCCNC1CC(N)c2ccccc21. The van der Waals surface area contributed by atoms with Crippen LogP contribution >= 0.6 is 0 Å². The van der Waals surface area contributed by atoms with Crippen molar-refractivity contribution in [1.29, 1.82) is 0 Å². The van der Waals surface area contributed by atoms with Gasteiger partial charge in [-0.1, -0.05) is 37.6 Å². The summed E-state index contributed by atoms with van der Waals surface area (Å²) >= 11 is 0. The third-order valence-electron chi connectivity index (χ3n) is 3.76. The highest BCUT2D eigenvalue weighted by Gasteiger charge is 2.27. The molecule has 1 aromatic carbocycles. The standard InChI is InChI=1S/C16H26N2O/c1-2-3-10-19-11-6-9-18-16-12-15(17)13-7-4-5-8-14(13)16/h4-5,7-8,15-16,18H,2-3,6,9-12,17H2,1H3. The third-order valence-corrected chi connectivity index (χ3v) is 3.76. The molecule has 2 rings (SSSR count). The van der Waals surface area contributed by atoms with Crippen LogP contribution in [-0.2, 0) is 4.74 Å². The molecule has 3 heteroatoms. The molecule has 3 nitrogen and oxygen atoms in total. The van der Waals surface area contributed by atoms with E-state index in [1.54, 1.807) is 0 Å². The molecule has 0 heterocycles. The fourth-order valence-corrected chi connectivity index (χ4v) is 2.67. The lowest BCUT2D eigenvalue weighted by molar-refractivity contribution is 0.128. The van der Waals surface area contributed by atoms with Crippen LogP contribution in [0.15, 0.2) is 24.3 Å². The molecule has 0 saturated carbocycles. The van der Waals surface area contributed by atoms with Crippen molar-refractivity contribution < 1.29 is 4.74 Å². The first-order valence-electron chi connectivity index (χ1n) is 7.48. The Balaban J connectivity index is 1.68. The molecule has 0 amide bonds. The van der Waals surface area contributed by atoms with Gasteiger partial charge in [0.05, 0.1) is 0 Å². The summed E-state index contributed by atoms with van der Waals surface area (Å²) in [5, 5.41) is 3.60. The molecule has 1 aliphatic carbocycles. The van der Waals surface area contributed by atoms with Gasteiger partial charge in [0.25, 0.3) is 0 Å². The van der Waals surface area contributed by atoms with Gasteiger partial charge < -0.3 is 15.8 Å². The molecule has 2 atom stereocenters. The van der Waals surface area contributed by atoms with Gasteiger partial charge in [-0.05, 0) is 36.9 Å². The maximum atomic E-state index is 6.16. The quantitative estimate of drug-likeness (QED) is 0.708. The highest BCUT2D eigenvalue weighted by molar-refractivity contribution is 5.37. The number of benzene rings is 1. The van der Waals surface area contributed by atoms with Crippen molar-refractivity contribution >= 4 is 0 Å². The average molecular weight is 262 g/mol. The Morgan fingerprint density at radius 1 is 1.21 bits per heavy atom. The van der Waals surface area contributed by atoms with Crippen molar-refractivity contribution in [3.63, 3.8) is 0 Å². The zero-order valence-corrected chi connectivity index (χ0v) is 11.9. The van der Waals surface area contributed by atoms with Gasteiger partial charge in [0.1, 0.15) is 0 Å². The number of rotatable bonds is 8. The van der Waals surface area contributed by atoms with Gasteiger partial charge in [-0.2, -0.15) is 0 Å². The van der Waals surface area contributed by atoms with Crippen molar-refractivity contribution in [1.82, 2.24) is 5.32 Å². The Morgan fingerprint density at radius 3 is 2.74 bits per heavy atom. The van der Waals surface area contributed by atoms with E-state index >= 15 is 0 Å². The summed E-state index contributed by atoms with van der Waals surface area (Å²) in [4.78, 5) is 0. The second-order valence-electron chi connectivity index (χ2n) is 5.30. The molecular weight excluding hydrogens is 236 g/mol. The molecule has 3 N–H and O–H groups in total. The van der Waals surface area contributed by atoms with E-state index in [4.69, 9.17) is 10.5 Å². The third kappa shape index (κ3) is 4.03. The van der Waals surface area contributed by atoms with Crippen molar-refractivity contribution in [3.8, 4) is 0 Å². The Morgan fingerprint density at radius 2 is 1.95 bits per heavy atom. The predicted octanol–water partition coefficient (Wildman–Crippen LogP) is 2.93. The van der Waals surface area contributed by atoms with E-state index in [1.165, 1.54) is 17.5 Å². The highest BCUT2D eigenvalue weighted by Crippen LogP contribution is 2.36. The molecule has 106 valence electrons. The first-order valence-corrected chi connectivity index (χ1v) is 7.48. The van der Waals surface area contributed by atoms with Gasteiger partial charge >= 0.3 is 0 Å². The van der Waals surface area contributed by atoms with Crippen LogP contribution in [-0.4, -0.2) is 19.8 Å². The zero-order valence-electron chi connectivity index (χ0n) is 11.9. The molecule has 0 bridgehead atoms. The molecular formula is C16H26N2O. The minimum atomic E-state index is 0.189. The summed E-state index contributed by atoms with van der Waals surface area (Å²) in [6, 6.07) is 9.12. The normalized spacial score (nSPS) is 21.6. The maximum Gasteiger partial charge on any atom is 0.0478 e. The van der Waals surface area contributed by atoms with E-state index in [0.29, 0.717) is 6.04 Å². The summed E-state index contributed by atoms with van der Waals surface area (Å²) in [7, 11) is 0. The van der Waals surface area contributed by atoms with Crippen molar-refractivity contribution in [2.75, 3.05) is 19.8 Å². The van der Waals surface area contributed by atoms with E-state index in [-0.39, 0.29) is 6.04 Å². The number of fused-ring (bicyclic) bond motifs is 1. The summed E-state index contributed by atoms with van der Waals surface area (Å²) in [6.07, 6.45) is 4.45. The smallest absolute Gasteiger partial charge is 0.0478 e. The van der Waals surface area contributed by atoms with Gasteiger partial charge in [-0.15, -0.1) is 0 Å². The van der Waals surface area contributed by atoms with Crippen LogP contribution in [0.4, 0.5) is 0 Å². The van der Waals surface area contributed by atoms with Gasteiger partial charge in [0, 0.05) is 25.3 Å². The van der Waals surface area contributed by atoms with Crippen LogP contribution in [0.5, 0.6) is 0 Å². The molecule has 19 heavy (non-hydrogen) atoms. The van der Waals surface area contributed by atoms with Crippen molar-refractivity contribution in [3.05, 3.63) is 35.4 Å². The van der Waals surface area contributed by atoms with E-state index in [2.05, 4.69) is 36.5 Å². The van der Waals surface area contributed by atoms with Crippen molar-refractivity contribution in [2.45, 2.75) is 44.7 Å². The number of ether oxygens (including phenoxy) is 1. The summed E-state index contributed by atoms with van der Waals surface area (Å²) in [6.45, 7) is 4.94. The Kier molecular flexibility index (Phi) is 5.83. The van der Waals surface area contributed by atoms with Crippen LogP contribution in [0.25, 0.3) is 0 Å². The largest absolute Gasteiger partial charge is 0.381 e. The topological polar surface area (TPSA) is 47.3 Å². The number of unbranched alkanes of at least 4 members (excludes halogenated alkanes) is 1. The fraction of sp³-hybridized carbons (Fsp3) is 0.625. The van der Waals surface area contributed by atoms with E-state index in [9.17, 15) is 0 Å². The van der Waals surface area contributed by atoms with Gasteiger partial charge in [0.15, 0.2) is 0 Å². The fourth-order valence-electron chi connectivity index (χ4n) is 2.67. The highest BCUT2D eigenvalue weighted by atomic mass is 16.5. The first-order chi connectivity index (χ1) is 9.33. The molecule has 1 aromatic rings. The molecule has 0 aliphatic heterocycles. The molecule has 1 aliphatic rings. The average Bonchev–Trinajstić information content (AvgIpc) is 2.75. The number of nitrogens with two attached hydrogens (primary N) is 1. The first kappa shape index (κ1) is 14.5. The summed E-state index contributed by atoms with van der Waals surface area (Å²) < 4.78 is 5.56. The Bertz CT molecular complexity index is 381. The van der Waals surface area contributed by atoms with Crippen molar-refractivity contribution in [2.24, 2.45) is 5.73 Å². The van der Waals surface area contributed by atoms with Crippen LogP contribution in [0.3, 0.4) is 0 Å². The van der Waals surface area contributed by atoms with Gasteiger partial charge in [-0.3, -0.25) is 0 Å². The molecule has 0 radical (unpaired) electrons. The second kappa shape index (κ2) is 7.63. The lowest BCUT2D eigenvalue weighted by Gasteiger charge is -2.14. The van der Waals surface area contributed by atoms with Gasteiger partial charge in [0.2, 0.25) is 0 Å². The van der Waals surface area contributed by atoms with Crippen LogP contribution < -0.4 is 11.1 Å². The maximum absolute atomic E-state index is 6.16. The number of hydrogen-bond donors (Lipinski definition) is 2. The predicted molar refractivity (Wildman–Crippen MR) is 79.1 cm³/mol. The second-order valence-corrected chi connectivity index (χ2v) is 5.30. The van der Waals surface area contributed by atoms with E-state index in [0.717, 1.165) is 39.0 Å². The lowest BCUT2D eigenvalue weighted by atomic mass is 10.1. The Hall–Kier alpha value is -0.900. The molecule has 0 spiro atoms. The monoisotopic (exact) mass is 262 g/mol. The Labute approximate surface area is 116 Å². The summed E-state index contributed by atoms with van der Waals surface area (Å²) in [5.74, 6) is 0. The minimum absolute atomic E-state index is 0.189. The molecule has 0 aromatic heterocycles. The van der Waals surface area contributed by atoms with E-state index in [1.807, 2.05) is 0 Å². The lowest BCUT2D eigenvalue weighted by Crippen LogP contribution is -2.22. The van der Waals surface area contributed by atoms with Crippen LogP contribution in [0.2, 0.25) is 0 Å². The molecule has 0 fully saturated rings. The summed E-state index contributed by atoms with van der Waals surface area (Å²) in [5.41, 5.74) is 8.84. The minimum Gasteiger partial charge on any atom is -0.381 e. The van der Waals surface area contributed by atoms with E-state index < -0.39 is 0 Å².